The van der Waals surface area contributed by atoms with Gasteiger partial charge in [0, 0.05) is 0 Å². The predicted octanol–water partition coefficient (Wildman–Crippen LogP) is 1.80. The van der Waals surface area contributed by atoms with Gasteiger partial charge >= 0.3 is 0 Å². The number of ether oxygens (including phenoxy) is 1. The molecule has 1 amide bonds. The molecule has 1 aromatic carbocycles. The summed E-state index contributed by atoms with van der Waals surface area (Å²) >= 11 is 0. The van der Waals surface area contributed by atoms with Crippen molar-refractivity contribution in [2.45, 2.75) is 38.2 Å². The lowest BCUT2D eigenvalue weighted by molar-refractivity contribution is -0.139. The highest BCUT2D eigenvalue weighted by atomic mass is 16.5. The molecule has 1 aliphatic carbocycles. The average Bonchev–Trinajstić information content (AvgIpc) is 2.85. The zero-order chi connectivity index (χ0) is 13.7. The average molecular weight is 263 g/mol. The molecule has 0 bridgehead atoms. The van der Waals surface area contributed by atoms with Crippen LogP contribution in [0.3, 0.4) is 0 Å². The van der Waals surface area contributed by atoms with Gasteiger partial charge in [-0.25, -0.2) is 0 Å². The number of hydrogen-bond acceptors (Lipinski definition) is 3. The van der Waals surface area contributed by atoms with E-state index in [4.69, 9.17) is 4.74 Å². The summed E-state index contributed by atoms with van der Waals surface area (Å²) in [6.45, 7) is 2.84. The molecule has 0 unspecified atom stereocenters. The molecule has 0 heterocycles. The molecule has 19 heavy (non-hydrogen) atoms. The third-order valence-electron chi connectivity index (χ3n) is 3.53. The van der Waals surface area contributed by atoms with Gasteiger partial charge in [0.15, 0.2) is 0 Å². The summed E-state index contributed by atoms with van der Waals surface area (Å²) in [4.78, 5) is 11.8. The van der Waals surface area contributed by atoms with Gasteiger partial charge in [-0.15, -0.1) is 0 Å². The molecule has 0 atom stereocenters. The van der Waals surface area contributed by atoms with Crippen molar-refractivity contribution in [2.75, 3.05) is 13.2 Å². The molecule has 4 heteroatoms. The molecule has 0 spiro atoms. The summed E-state index contributed by atoms with van der Waals surface area (Å²) in [5.74, 6) is 0.525. The van der Waals surface area contributed by atoms with Crippen LogP contribution in [0.1, 0.15) is 31.2 Å². The van der Waals surface area contributed by atoms with Gasteiger partial charge in [0.1, 0.15) is 18.0 Å². The number of rotatable bonds is 5. The summed E-state index contributed by atoms with van der Waals surface area (Å²) in [6.07, 6.45) is 2.98. The lowest BCUT2D eigenvalue weighted by atomic mass is 10.0. The number of aryl methyl sites for hydroxylation is 1. The Morgan fingerprint density at radius 3 is 2.58 bits per heavy atom. The summed E-state index contributed by atoms with van der Waals surface area (Å²) in [7, 11) is 0. The Labute approximate surface area is 113 Å². The van der Waals surface area contributed by atoms with Crippen molar-refractivity contribution in [1.82, 2.24) is 5.32 Å². The number of carbonyl (C=O) groups is 1. The maximum absolute atomic E-state index is 11.8. The molecule has 1 aliphatic rings. The summed E-state index contributed by atoms with van der Waals surface area (Å²) < 4.78 is 5.51. The fraction of sp³-hybridized carbons (Fsp3) is 0.533. The predicted molar refractivity (Wildman–Crippen MR) is 73.1 cm³/mol. The van der Waals surface area contributed by atoms with E-state index >= 15 is 0 Å². The van der Waals surface area contributed by atoms with E-state index in [2.05, 4.69) is 5.32 Å². The maximum atomic E-state index is 11.8. The first-order chi connectivity index (χ1) is 9.10. The van der Waals surface area contributed by atoms with Gasteiger partial charge in [-0.2, -0.15) is 0 Å². The van der Waals surface area contributed by atoms with E-state index < -0.39 is 5.60 Å². The topological polar surface area (TPSA) is 58.6 Å². The van der Waals surface area contributed by atoms with Crippen molar-refractivity contribution in [3.8, 4) is 5.75 Å². The Morgan fingerprint density at radius 1 is 1.32 bits per heavy atom. The van der Waals surface area contributed by atoms with Gasteiger partial charge < -0.3 is 15.2 Å². The van der Waals surface area contributed by atoms with Crippen LogP contribution >= 0.6 is 0 Å². The van der Waals surface area contributed by atoms with E-state index in [0.717, 1.165) is 18.6 Å². The van der Waals surface area contributed by atoms with Crippen molar-refractivity contribution in [3.63, 3.8) is 0 Å². The normalized spacial score (nSPS) is 17.2. The monoisotopic (exact) mass is 263 g/mol. The van der Waals surface area contributed by atoms with Crippen LogP contribution in [-0.2, 0) is 4.79 Å². The third kappa shape index (κ3) is 3.70. The van der Waals surface area contributed by atoms with Gasteiger partial charge in [-0.1, -0.05) is 17.7 Å². The van der Waals surface area contributed by atoms with Crippen LogP contribution in [0.4, 0.5) is 0 Å². The number of aliphatic hydroxyl groups is 1. The highest BCUT2D eigenvalue weighted by Crippen LogP contribution is 2.29. The van der Waals surface area contributed by atoms with Crippen LogP contribution in [0.2, 0.25) is 0 Å². The summed E-state index contributed by atoms with van der Waals surface area (Å²) in [5, 5.41) is 12.8. The minimum absolute atomic E-state index is 0.266. The molecule has 0 radical (unpaired) electrons. The zero-order valence-electron chi connectivity index (χ0n) is 11.3. The largest absolute Gasteiger partial charge is 0.492 e. The molecule has 0 saturated heterocycles. The first kappa shape index (κ1) is 13.9. The third-order valence-corrected chi connectivity index (χ3v) is 3.53. The molecular weight excluding hydrogens is 242 g/mol. The van der Waals surface area contributed by atoms with Gasteiger partial charge in [0.25, 0.3) is 5.91 Å². The molecule has 1 fully saturated rings. The SMILES string of the molecule is Cc1ccc(OCCNC(=O)C2(O)CCCC2)cc1. The first-order valence-electron chi connectivity index (χ1n) is 6.80. The number of amides is 1. The van der Waals surface area contributed by atoms with E-state index in [-0.39, 0.29) is 5.91 Å². The highest BCUT2D eigenvalue weighted by Gasteiger charge is 2.38. The Bertz CT molecular complexity index is 422. The second kappa shape index (κ2) is 6.06. The second-order valence-corrected chi connectivity index (χ2v) is 5.16. The van der Waals surface area contributed by atoms with Crippen LogP contribution in [0.15, 0.2) is 24.3 Å². The second-order valence-electron chi connectivity index (χ2n) is 5.16. The van der Waals surface area contributed by atoms with Crippen molar-refractivity contribution >= 4 is 5.91 Å². The fourth-order valence-corrected chi connectivity index (χ4v) is 2.32. The smallest absolute Gasteiger partial charge is 0.252 e. The van der Waals surface area contributed by atoms with Crippen LogP contribution < -0.4 is 10.1 Å². The standard InChI is InChI=1S/C15H21NO3/c1-12-4-6-13(7-5-12)19-11-10-16-14(17)15(18)8-2-3-9-15/h4-7,18H,2-3,8-11H2,1H3,(H,16,17). The molecule has 0 aromatic heterocycles. The number of nitrogens with one attached hydrogen (secondary N) is 1. The maximum Gasteiger partial charge on any atom is 0.252 e. The number of carbonyl (C=O) groups excluding carboxylic acids is 1. The summed E-state index contributed by atoms with van der Waals surface area (Å²) in [5.41, 5.74) is 0.0354. The molecule has 0 aliphatic heterocycles. The Hall–Kier alpha value is -1.55. The van der Waals surface area contributed by atoms with Crippen LogP contribution in [-0.4, -0.2) is 29.8 Å². The quantitative estimate of drug-likeness (QED) is 0.796. The van der Waals surface area contributed by atoms with Gasteiger partial charge in [-0.3, -0.25) is 4.79 Å². The van der Waals surface area contributed by atoms with Crippen molar-refractivity contribution in [2.24, 2.45) is 0 Å². The Kier molecular flexibility index (Phi) is 4.43. The molecule has 1 saturated carbocycles. The first-order valence-corrected chi connectivity index (χ1v) is 6.80. The molecule has 104 valence electrons. The van der Waals surface area contributed by atoms with Crippen LogP contribution in [0.5, 0.6) is 5.75 Å². The minimum Gasteiger partial charge on any atom is -0.492 e. The van der Waals surface area contributed by atoms with Crippen LogP contribution in [0.25, 0.3) is 0 Å². The van der Waals surface area contributed by atoms with Gasteiger partial charge in [0.05, 0.1) is 6.54 Å². The minimum atomic E-state index is -1.15. The number of benzene rings is 1. The van der Waals surface area contributed by atoms with E-state index in [0.29, 0.717) is 26.0 Å². The van der Waals surface area contributed by atoms with Crippen LogP contribution in [0, 0.1) is 6.92 Å². The molecule has 2 rings (SSSR count). The van der Waals surface area contributed by atoms with Gasteiger partial charge in [-0.05, 0) is 44.7 Å². The van der Waals surface area contributed by atoms with E-state index in [9.17, 15) is 9.90 Å². The molecule has 1 aromatic rings. The Balaban J connectivity index is 1.69. The number of hydrogen-bond donors (Lipinski definition) is 2. The van der Waals surface area contributed by atoms with E-state index in [1.807, 2.05) is 31.2 Å². The highest BCUT2D eigenvalue weighted by molar-refractivity contribution is 5.85. The lowest BCUT2D eigenvalue weighted by Crippen LogP contribution is -2.45. The van der Waals surface area contributed by atoms with Crippen molar-refractivity contribution in [1.29, 1.82) is 0 Å². The molecular formula is C15H21NO3. The molecule has 2 N–H and O–H groups in total. The summed E-state index contributed by atoms with van der Waals surface area (Å²) in [6, 6.07) is 7.77. The zero-order valence-corrected chi connectivity index (χ0v) is 11.3. The van der Waals surface area contributed by atoms with E-state index in [1.54, 1.807) is 0 Å². The van der Waals surface area contributed by atoms with Gasteiger partial charge in [0.2, 0.25) is 0 Å². The Morgan fingerprint density at radius 2 is 1.95 bits per heavy atom. The van der Waals surface area contributed by atoms with E-state index in [1.165, 1.54) is 5.56 Å². The van der Waals surface area contributed by atoms with Crippen molar-refractivity contribution in [3.05, 3.63) is 29.8 Å². The van der Waals surface area contributed by atoms with Crippen molar-refractivity contribution < 1.29 is 14.6 Å². The molecule has 4 nitrogen and oxygen atoms in total. The lowest BCUT2D eigenvalue weighted by Gasteiger charge is -2.20. The fourth-order valence-electron chi connectivity index (χ4n) is 2.32.